The molecular formula is C30H38Cl2N6O18P2. The van der Waals surface area contributed by atoms with Crippen LogP contribution in [0.1, 0.15) is 26.3 Å². The number of ether oxygens (including phenoxy) is 6. The molecule has 2 unspecified atom stereocenters. The van der Waals surface area contributed by atoms with Crippen LogP contribution in [0, 0.1) is 0 Å². The van der Waals surface area contributed by atoms with Gasteiger partial charge in [0, 0.05) is 0 Å². The summed E-state index contributed by atoms with van der Waals surface area (Å²) in [4.78, 5) is 77.2. The lowest BCUT2D eigenvalue weighted by molar-refractivity contribution is -0.156. The molecule has 6 rings (SSSR count). The molecule has 24 nitrogen and oxygen atoms in total. The predicted octanol–water partition coefficient (Wildman–Crippen LogP) is -0.425. The second-order valence-corrected chi connectivity index (χ2v) is 16.5. The van der Waals surface area contributed by atoms with Gasteiger partial charge in [0.1, 0.15) is 58.0 Å². The van der Waals surface area contributed by atoms with Crippen LogP contribution in [0.15, 0.2) is 36.9 Å². The van der Waals surface area contributed by atoms with E-state index in [1.807, 2.05) is 0 Å². The van der Waals surface area contributed by atoms with Crippen molar-refractivity contribution in [3.8, 4) is 0 Å². The second-order valence-electron chi connectivity index (χ2n) is 12.4. The maximum atomic E-state index is 11.7. The molecule has 0 aromatic carbocycles. The number of carbonyl (C=O) groups is 2. The van der Waals surface area contributed by atoms with Crippen molar-refractivity contribution >= 4 is 72.7 Å². The van der Waals surface area contributed by atoms with Gasteiger partial charge in [-0.3, -0.25) is 18.3 Å². The van der Waals surface area contributed by atoms with E-state index in [1.54, 1.807) is 12.1 Å². The van der Waals surface area contributed by atoms with E-state index in [-0.39, 0.29) is 23.5 Å². The zero-order valence-electron chi connectivity index (χ0n) is 30.1. The molecule has 0 spiro atoms. The summed E-state index contributed by atoms with van der Waals surface area (Å²) in [5.41, 5.74) is 1.55. The average molecular weight is 904 g/mol. The number of fused-ring (bicyclic) bond motifs is 2. The molecule has 0 amide bonds. The molecule has 8 N–H and O–H groups in total. The van der Waals surface area contributed by atoms with Gasteiger partial charge in [-0.25, -0.2) is 29.5 Å². The number of rotatable bonds is 14. The summed E-state index contributed by atoms with van der Waals surface area (Å²) in [6.07, 6.45) is -7.77. The van der Waals surface area contributed by atoms with Gasteiger partial charge in [0.15, 0.2) is 23.8 Å². The first-order valence-corrected chi connectivity index (χ1v) is 21.1. The Bertz CT molecular complexity index is 2020. The summed E-state index contributed by atoms with van der Waals surface area (Å²) in [6, 6.07) is 6.31. The topological polar surface area (TPSA) is 347 Å². The fourth-order valence-corrected chi connectivity index (χ4v) is 7.29. The third kappa shape index (κ3) is 10.4. The Balaban J connectivity index is 0.000000221. The molecule has 0 aliphatic carbocycles. The molecule has 10 atom stereocenters. The third-order valence-corrected chi connectivity index (χ3v) is 10.8. The number of halogens is 2. The first kappa shape index (κ1) is 45.8. The first-order valence-electron chi connectivity index (χ1n) is 16.9. The maximum Gasteiger partial charge on any atom is 0.365 e. The van der Waals surface area contributed by atoms with E-state index in [2.05, 4.69) is 29.4 Å². The molecule has 2 aliphatic heterocycles. The summed E-state index contributed by atoms with van der Waals surface area (Å²) < 4.78 is 56.1. The number of aliphatic hydroxyl groups excluding tert-OH is 4. The van der Waals surface area contributed by atoms with Crippen LogP contribution in [0.2, 0.25) is 10.3 Å². The van der Waals surface area contributed by atoms with Crippen molar-refractivity contribution in [1.29, 1.82) is 0 Å². The van der Waals surface area contributed by atoms with Gasteiger partial charge in [-0.1, -0.05) is 23.2 Å². The molecule has 6 heterocycles. The Morgan fingerprint density at radius 2 is 1.05 bits per heavy atom. The number of imidazole rings is 2. The minimum absolute atomic E-state index is 0.106. The minimum Gasteiger partial charge on any atom is -0.464 e. The number of esters is 2. The lowest BCUT2D eigenvalue weighted by Gasteiger charge is -2.20. The molecule has 4 aromatic heterocycles. The van der Waals surface area contributed by atoms with Crippen molar-refractivity contribution in [2.45, 2.75) is 74.6 Å². The Kier molecular flexibility index (Phi) is 15.0. The smallest absolute Gasteiger partial charge is 0.365 e. The Labute approximate surface area is 336 Å². The van der Waals surface area contributed by atoms with E-state index in [1.165, 1.54) is 47.8 Å². The number of hydrogen-bond donors (Lipinski definition) is 8. The number of pyridine rings is 2. The molecule has 0 bridgehead atoms. The number of aromatic nitrogens is 6. The van der Waals surface area contributed by atoms with Crippen LogP contribution in [0.25, 0.3) is 22.3 Å². The van der Waals surface area contributed by atoms with Crippen molar-refractivity contribution in [2.24, 2.45) is 0 Å². The molecule has 0 saturated carbocycles. The number of hydrogen-bond acceptors (Lipinski definition) is 18. The largest absolute Gasteiger partial charge is 0.464 e. The SMILES string of the molecule is CCOC(=O)C(OC[C@H]1O[C@@H](n2cnc3ccc(Cl)nc32)[C@H](O)[C@@H]1O)P(=O)(O)O.CCOC(=O)C(OC[C@H]1O[C@@H](n2cnc3ccc(Cl)nc32)[C@H](O)[C@@H]1O)P(=O)(O)O. The van der Waals surface area contributed by atoms with E-state index in [4.69, 9.17) is 42.1 Å². The maximum absolute atomic E-state index is 11.7. The number of aliphatic hydroxyl groups is 4. The van der Waals surface area contributed by atoms with Gasteiger partial charge in [-0.05, 0) is 38.1 Å². The van der Waals surface area contributed by atoms with Crippen LogP contribution in [-0.2, 0) is 47.1 Å². The van der Waals surface area contributed by atoms with Gasteiger partial charge in [-0.15, -0.1) is 0 Å². The highest BCUT2D eigenvalue weighted by atomic mass is 35.5. The van der Waals surface area contributed by atoms with E-state index in [9.17, 15) is 58.7 Å². The highest BCUT2D eigenvalue weighted by Gasteiger charge is 2.48. The summed E-state index contributed by atoms with van der Waals surface area (Å²) in [7, 11) is -9.98. The molecule has 4 aromatic rings. The summed E-state index contributed by atoms with van der Waals surface area (Å²) in [5, 5.41) is 41.6. The molecule has 2 fully saturated rings. The average Bonchev–Trinajstić information content (AvgIpc) is 3.89. The first-order chi connectivity index (χ1) is 27.3. The van der Waals surface area contributed by atoms with Gasteiger partial charge in [0.25, 0.3) is 11.7 Å². The van der Waals surface area contributed by atoms with Crippen LogP contribution in [0.5, 0.6) is 0 Å². The van der Waals surface area contributed by atoms with Crippen LogP contribution in [-0.4, -0.2) is 156 Å². The van der Waals surface area contributed by atoms with Gasteiger partial charge in [0.2, 0.25) is 0 Å². The van der Waals surface area contributed by atoms with Crippen molar-refractivity contribution in [3.63, 3.8) is 0 Å². The van der Waals surface area contributed by atoms with Crippen LogP contribution < -0.4 is 0 Å². The van der Waals surface area contributed by atoms with Crippen molar-refractivity contribution < 1.29 is 87.1 Å². The Hall–Kier alpha value is -3.26. The highest BCUT2D eigenvalue weighted by Crippen LogP contribution is 2.44. The number of carbonyl (C=O) groups excluding carboxylic acids is 2. The molecule has 2 saturated heterocycles. The van der Waals surface area contributed by atoms with E-state index in [0.717, 1.165) is 0 Å². The number of nitrogens with zero attached hydrogens (tertiary/aromatic N) is 6. The lowest BCUT2D eigenvalue weighted by Crippen LogP contribution is -2.36. The minimum atomic E-state index is -4.99. The summed E-state index contributed by atoms with van der Waals surface area (Å²) >= 11 is 11.8. The lowest BCUT2D eigenvalue weighted by atomic mass is 10.1. The molecular weight excluding hydrogens is 865 g/mol. The van der Waals surface area contributed by atoms with Gasteiger partial charge in [-0.2, -0.15) is 0 Å². The molecule has 58 heavy (non-hydrogen) atoms. The highest BCUT2D eigenvalue weighted by molar-refractivity contribution is 7.53. The van der Waals surface area contributed by atoms with Crippen molar-refractivity contribution in [1.82, 2.24) is 29.1 Å². The van der Waals surface area contributed by atoms with E-state index < -0.39 is 101 Å². The standard InChI is InChI=1S/2C15H19ClN3O9P/c2*1-2-26-14(22)15(29(23,24)25)27-5-8-10(20)11(21)13(28-8)19-6-17-7-3-4-9(16)18-12(7)19/h2*3-4,6,8,10-11,13,15,20-21H,2,5H2,1H3,(H2,23,24,25)/t2*8-,10-,11-,13-,15?/m11/s1. The predicted molar refractivity (Wildman–Crippen MR) is 194 cm³/mol. The monoisotopic (exact) mass is 902 g/mol. The third-order valence-electron chi connectivity index (χ3n) is 8.42. The zero-order valence-corrected chi connectivity index (χ0v) is 33.4. The van der Waals surface area contributed by atoms with Crippen LogP contribution in [0.3, 0.4) is 0 Å². The fraction of sp³-hybridized carbons (Fsp3) is 0.533. The molecule has 0 radical (unpaired) electrons. The van der Waals surface area contributed by atoms with Gasteiger partial charge in [0.05, 0.1) is 39.1 Å². The van der Waals surface area contributed by atoms with Gasteiger partial charge < -0.3 is 68.4 Å². The summed E-state index contributed by atoms with van der Waals surface area (Å²) in [6.45, 7) is 1.54. The van der Waals surface area contributed by atoms with Crippen LogP contribution in [0.4, 0.5) is 0 Å². The summed E-state index contributed by atoms with van der Waals surface area (Å²) in [5.74, 6) is -6.84. The Morgan fingerprint density at radius 3 is 1.38 bits per heavy atom. The molecule has 2 aliphatic rings. The Morgan fingerprint density at radius 1 is 0.690 bits per heavy atom. The van der Waals surface area contributed by atoms with E-state index >= 15 is 0 Å². The van der Waals surface area contributed by atoms with Crippen molar-refractivity contribution in [3.05, 3.63) is 47.2 Å². The second kappa shape index (κ2) is 19.0. The van der Waals surface area contributed by atoms with E-state index in [0.29, 0.717) is 22.3 Å². The van der Waals surface area contributed by atoms with Crippen LogP contribution >= 0.6 is 38.4 Å². The molecule has 28 heteroatoms. The molecule has 320 valence electrons. The fourth-order valence-electron chi connectivity index (χ4n) is 5.75. The zero-order chi connectivity index (χ0) is 42.7. The van der Waals surface area contributed by atoms with Gasteiger partial charge >= 0.3 is 27.1 Å². The quantitative estimate of drug-likeness (QED) is 0.0452. The van der Waals surface area contributed by atoms with Crippen molar-refractivity contribution in [2.75, 3.05) is 26.4 Å². The normalized spacial score (nSPS) is 26.0.